The van der Waals surface area contributed by atoms with E-state index >= 15 is 0 Å². The topological polar surface area (TPSA) is 62.6 Å². The predicted octanol–water partition coefficient (Wildman–Crippen LogP) is 1.71. The molecule has 1 aromatic rings. The molecule has 1 aliphatic rings. The molecule has 1 heterocycles. The van der Waals surface area contributed by atoms with Crippen LogP contribution in [-0.2, 0) is 16.6 Å². The average molecular weight is 312 g/mol. The summed E-state index contributed by atoms with van der Waals surface area (Å²) in [5.41, 5.74) is 0. The van der Waals surface area contributed by atoms with Gasteiger partial charge in [0.25, 0.3) is 10.0 Å². The molecule has 0 aromatic carbocycles. The van der Waals surface area contributed by atoms with E-state index in [1.807, 2.05) is 0 Å². The summed E-state index contributed by atoms with van der Waals surface area (Å²) in [6.07, 6.45) is -3.69. The Balaban J connectivity index is 2.25. The van der Waals surface area contributed by atoms with Gasteiger partial charge in [-0.25, -0.2) is 8.42 Å². The van der Waals surface area contributed by atoms with E-state index in [0.29, 0.717) is 29.5 Å². The zero-order valence-corrected chi connectivity index (χ0v) is 11.6. The van der Waals surface area contributed by atoms with E-state index in [1.165, 1.54) is 12.1 Å². The molecule has 114 valence electrons. The number of nitrogens with zero attached hydrogens (tertiary/aromatic N) is 1. The highest BCUT2D eigenvalue weighted by molar-refractivity contribution is 7.89. The van der Waals surface area contributed by atoms with Gasteiger partial charge < -0.3 is 9.73 Å². The van der Waals surface area contributed by atoms with Gasteiger partial charge in [-0.3, -0.25) is 0 Å². The maximum absolute atomic E-state index is 12.5. The Morgan fingerprint density at radius 3 is 2.55 bits per heavy atom. The molecule has 5 nitrogen and oxygen atoms in total. The number of hydrogen-bond acceptors (Lipinski definition) is 4. The highest BCUT2D eigenvalue weighted by Gasteiger charge is 2.45. The third kappa shape index (κ3) is 3.53. The molecule has 0 radical (unpaired) electrons. The minimum Gasteiger partial charge on any atom is -0.447 e. The van der Waals surface area contributed by atoms with Crippen molar-refractivity contribution in [1.82, 2.24) is 9.62 Å². The van der Waals surface area contributed by atoms with Gasteiger partial charge in [0, 0.05) is 6.04 Å². The normalized spacial score (nSPS) is 16.9. The molecule has 0 saturated heterocycles. The largest absolute Gasteiger partial charge is 0.447 e. The highest BCUT2D eigenvalue weighted by atomic mass is 32.2. The van der Waals surface area contributed by atoms with Crippen LogP contribution in [0.1, 0.15) is 18.6 Å². The maximum atomic E-state index is 12.5. The van der Waals surface area contributed by atoms with Crippen molar-refractivity contribution in [2.45, 2.75) is 36.7 Å². The molecule has 0 spiro atoms. The fraction of sp³-hybridized carbons (Fsp3) is 0.636. The van der Waals surface area contributed by atoms with Crippen LogP contribution in [0.25, 0.3) is 0 Å². The van der Waals surface area contributed by atoms with Crippen molar-refractivity contribution >= 4 is 10.0 Å². The number of nitrogens with one attached hydrogen (secondary N) is 1. The first-order valence-corrected chi connectivity index (χ1v) is 7.50. The first kappa shape index (κ1) is 15.3. The van der Waals surface area contributed by atoms with Crippen molar-refractivity contribution in [2.75, 3.05) is 13.6 Å². The molecule has 20 heavy (non-hydrogen) atoms. The lowest BCUT2D eigenvalue weighted by Crippen LogP contribution is -2.40. The minimum atomic E-state index is -4.57. The SMILES string of the molecule is CNCc1ccc(S(=O)(=O)N(CC(F)(F)F)C2CC2)o1. The lowest BCUT2D eigenvalue weighted by molar-refractivity contribution is -0.137. The molecular weight excluding hydrogens is 297 g/mol. The van der Waals surface area contributed by atoms with Gasteiger partial charge in [0.15, 0.2) is 0 Å². The fourth-order valence-electron chi connectivity index (χ4n) is 1.83. The number of alkyl halides is 3. The highest BCUT2D eigenvalue weighted by Crippen LogP contribution is 2.35. The third-order valence-electron chi connectivity index (χ3n) is 2.84. The second-order valence-corrected chi connectivity index (χ2v) is 6.47. The number of hydrogen-bond donors (Lipinski definition) is 1. The molecule has 1 aliphatic carbocycles. The van der Waals surface area contributed by atoms with E-state index in [0.717, 1.165) is 0 Å². The summed E-state index contributed by atoms with van der Waals surface area (Å²) < 4.78 is 67.6. The average Bonchev–Trinajstić information content (AvgIpc) is 3.04. The quantitative estimate of drug-likeness (QED) is 0.869. The van der Waals surface area contributed by atoms with Crippen molar-refractivity contribution in [3.63, 3.8) is 0 Å². The molecule has 9 heteroatoms. The van der Waals surface area contributed by atoms with Crippen molar-refractivity contribution in [3.8, 4) is 0 Å². The zero-order valence-electron chi connectivity index (χ0n) is 10.8. The van der Waals surface area contributed by atoms with Crippen LogP contribution in [0, 0.1) is 0 Å². The van der Waals surface area contributed by atoms with E-state index in [2.05, 4.69) is 5.32 Å². The van der Waals surface area contributed by atoms with E-state index in [9.17, 15) is 21.6 Å². The molecule has 0 bridgehead atoms. The van der Waals surface area contributed by atoms with Crippen LogP contribution in [0.15, 0.2) is 21.6 Å². The molecule has 1 fully saturated rings. The second-order valence-electron chi connectivity index (χ2n) is 4.65. The first-order chi connectivity index (χ1) is 9.24. The first-order valence-electron chi connectivity index (χ1n) is 6.06. The van der Waals surface area contributed by atoms with Gasteiger partial charge in [-0.2, -0.15) is 17.5 Å². The van der Waals surface area contributed by atoms with Crippen LogP contribution in [-0.4, -0.2) is 38.5 Å². The zero-order chi connectivity index (χ0) is 15.0. The predicted molar refractivity (Wildman–Crippen MR) is 64.4 cm³/mol. The monoisotopic (exact) mass is 312 g/mol. The number of rotatable bonds is 6. The summed E-state index contributed by atoms with van der Waals surface area (Å²) in [4.78, 5) is 0. The van der Waals surface area contributed by atoms with Crippen molar-refractivity contribution in [1.29, 1.82) is 0 Å². The Kier molecular flexibility index (Phi) is 4.12. The summed E-state index contributed by atoms with van der Waals surface area (Å²) in [5, 5.41) is 2.32. The maximum Gasteiger partial charge on any atom is 0.402 e. The van der Waals surface area contributed by atoms with E-state index in [-0.39, 0.29) is 0 Å². The van der Waals surface area contributed by atoms with Crippen molar-refractivity contribution < 1.29 is 26.0 Å². The van der Waals surface area contributed by atoms with Crippen LogP contribution in [0.3, 0.4) is 0 Å². The van der Waals surface area contributed by atoms with Crippen LogP contribution in [0.4, 0.5) is 13.2 Å². The van der Waals surface area contributed by atoms with Gasteiger partial charge in [0.1, 0.15) is 12.3 Å². The lowest BCUT2D eigenvalue weighted by atomic mass is 10.4. The lowest BCUT2D eigenvalue weighted by Gasteiger charge is -2.21. The molecule has 1 saturated carbocycles. The third-order valence-corrected chi connectivity index (χ3v) is 4.61. The molecule has 1 aromatic heterocycles. The molecule has 0 amide bonds. The Morgan fingerprint density at radius 2 is 2.05 bits per heavy atom. The summed E-state index contributed by atoms with van der Waals surface area (Å²) in [5.74, 6) is 0.355. The molecule has 2 rings (SSSR count). The van der Waals surface area contributed by atoms with Gasteiger partial charge in [-0.1, -0.05) is 0 Å². The van der Waals surface area contributed by atoms with Crippen LogP contribution < -0.4 is 5.32 Å². The van der Waals surface area contributed by atoms with Gasteiger partial charge in [-0.05, 0) is 32.0 Å². The van der Waals surface area contributed by atoms with E-state index in [4.69, 9.17) is 4.42 Å². The Labute approximate surface area is 114 Å². The molecule has 0 atom stereocenters. The van der Waals surface area contributed by atoms with Gasteiger partial charge in [0.2, 0.25) is 5.09 Å². The summed E-state index contributed by atoms with van der Waals surface area (Å²) in [6, 6.07) is 2.04. The fourth-order valence-corrected chi connectivity index (χ4v) is 3.43. The number of halogens is 3. The molecule has 1 N–H and O–H groups in total. The van der Waals surface area contributed by atoms with E-state index in [1.54, 1.807) is 7.05 Å². The minimum absolute atomic E-state index is 0.304. The molecule has 0 unspecified atom stereocenters. The van der Waals surface area contributed by atoms with Gasteiger partial charge >= 0.3 is 6.18 Å². The van der Waals surface area contributed by atoms with Gasteiger partial charge in [-0.15, -0.1) is 0 Å². The second kappa shape index (κ2) is 5.38. The van der Waals surface area contributed by atoms with Crippen LogP contribution in [0.5, 0.6) is 0 Å². The smallest absolute Gasteiger partial charge is 0.402 e. The standard InChI is InChI=1S/C11H15F3N2O3S/c1-15-6-9-4-5-10(19-9)20(17,18)16(8-2-3-8)7-11(12,13)14/h4-5,8,15H,2-3,6-7H2,1H3. The number of furan rings is 1. The summed E-state index contributed by atoms with van der Waals surface area (Å²) >= 11 is 0. The van der Waals surface area contributed by atoms with Crippen molar-refractivity contribution in [2.24, 2.45) is 0 Å². The van der Waals surface area contributed by atoms with Crippen molar-refractivity contribution in [3.05, 3.63) is 17.9 Å². The number of sulfonamides is 1. The summed E-state index contributed by atoms with van der Waals surface area (Å²) in [6.45, 7) is -1.18. The Hall–Kier alpha value is -1.06. The summed E-state index contributed by atoms with van der Waals surface area (Å²) in [7, 11) is -2.60. The van der Waals surface area contributed by atoms with Crippen LogP contribution >= 0.6 is 0 Å². The van der Waals surface area contributed by atoms with Gasteiger partial charge in [0.05, 0.1) is 6.54 Å². The molecule has 0 aliphatic heterocycles. The Bertz CT molecular complexity index is 564. The van der Waals surface area contributed by atoms with E-state index < -0.39 is 33.9 Å². The Morgan fingerprint density at radius 1 is 1.40 bits per heavy atom. The van der Waals surface area contributed by atoms with Crippen LogP contribution in [0.2, 0.25) is 0 Å². The molecular formula is C11H15F3N2O3S.